The van der Waals surface area contributed by atoms with Gasteiger partial charge in [-0.3, -0.25) is 4.99 Å². The zero-order valence-electron chi connectivity index (χ0n) is 21.4. The predicted octanol–water partition coefficient (Wildman–Crippen LogP) is 6.58. The fraction of sp³-hybridized carbons (Fsp3) is 0.367. The van der Waals surface area contributed by atoms with Gasteiger partial charge >= 0.3 is 11.9 Å². The van der Waals surface area contributed by atoms with E-state index in [1.807, 2.05) is 6.07 Å². The van der Waals surface area contributed by atoms with Crippen molar-refractivity contribution in [2.75, 3.05) is 6.61 Å². The molecule has 0 amide bonds. The van der Waals surface area contributed by atoms with Crippen LogP contribution in [-0.4, -0.2) is 40.0 Å². The molecule has 2 aromatic carbocycles. The highest BCUT2D eigenvalue weighted by molar-refractivity contribution is 6.12. The van der Waals surface area contributed by atoms with Gasteiger partial charge in [0.15, 0.2) is 0 Å². The summed E-state index contributed by atoms with van der Waals surface area (Å²) in [6, 6.07) is 16.9. The lowest BCUT2D eigenvalue weighted by molar-refractivity contribution is -0.134. The Morgan fingerprint density at radius 3 is 2.25 bits per heavy atom. The number of aliphatic carboxylic acids is 2. The van der Waals surface area contributed by atoms with Crippen LogP contribution < -0.4 is 4.74 Å². The number of carboxylic acid groups (broad SMARTS) is 2. The molecule has 1 aliphatic rings. The summed E-state index contributed by atoms with van der Waals surface area (Å²) >= 11 is 0. The fourth-order valence-corrected chi connectivity index (χ4v) is 3.85. The number of ether oxygens (including phenoxy) is 1. The van der Waals surface area contributed by atoms with Gasteiger partial charge in [0.05, 0.1) is 17.9 Å². The van der Waals surface area contributed by atoms with Crippen LogP contribution >= 0.6 is 0 Å². The fourth-order valence-electron chi connectivity index (χ4n) is 3.85. The Morgan fingerprint density at radius 2 is 1.61 bits per heavy atom. The number of fused-ring (bicyclic) bond motifs is 1. The Morgan fingerprint density at radius 1 is 0.944 bits per heavy atom. The van der Waals surface area contributed by atoms with Crippen LogP contribution in [-0.2, 0) is 16.0 Å². The van der Waals surface area contributed by atoms with E-state index in [-0.39, 0.29) is 5.54 Å². The van der Waals surface area contributed by atoms with Gasteiger partial charge in [0, 0.05) is 17.7 Å². The molecule has 192 valence electrons. The number of benzene rings is 2. The Bertz CT molecular complexity index is 1070. The first kappa shape index (κ1) is 28.6. The molecule has 0 aromatic heterocycles. The van der Waals surface area contributed by atoms with E-state index in [9.17, 15) is 9.59 Å². The van der Waals surface area contributed by atoms with Crippen molar-refractivity contribution in [2.24, 2.45) is 4.99 Å². The molecular formula is C30H37NO5. The highest BCUT2D eigenvalue weighted by Gasteiger charge is 2.26. The van der Waals surface area contributed by atoms with Gasteiger partial charge in [0.2, 0.25) is 0 Å². The van der Waals surface area contributed by atoms with Crippen molar-refractivity contribution in [1.82, 2.24) is 0 Å². The van der Waals surface area contributed by atoms with Crippen LogP contribution in [0.1, 0.15) is 69.6 Å². The van der Waals surface area contributed by atoms with Gasteiger partial charge in [0.25, 0.3) is 0 Å². The van der Waals surface area contributed by atoms with Gasteiger partial charge < -0.3 is 14.9 Å². The van der Waals surface area contributed by atoms with E-state index >= 15 is 0 Å². The molecule has 2 aromatic rings. The number of allylic oxidation sites excluding steroid dienone is 1. The van der Waals surface area contributed by atoms with Crippen molar-refractivity contribution >= 4 is 23.7 Å². The quantitative estimate of drug-likeness (QED) is 0.273. The maximum Gasteiger partial charge on any atom is 0.328 e. The van der Waals surface area contributed by atoms with E-state index in [0.717, 1.165) is 30.9 Å². The Hall–Kier alpha value is -3.67. The molecule has 0 aliphatic carbocycles. The Labute approximate surface area is 214 Å². The Balaban J connectivity index is 0.000000493. The van der Waals surface area contributed by atoms with Gasteiger partial charge in [0.1, 0.15) is 5.75 Å². The summed E-state index contributed by atoms with van der Waals surface area (Å²) in [5, 5.41) is 15.6. The second-order valence-electron chi connectivity index (χ2n) is 9.32. The molecule has 6 heteroatoms. The molecule has 1 heterocycles. The number of hydrogen-bond acceptors (Lipinski definition) is 4. The van der Waals surface area contributed by atoms with E-state index in [0.29, 0.717) is 12.2 Å². The maximum atomic E-state index is 9.55. The van der Waals surface area contributed by atoms with E-state index in [2.05, 4.69) is 75.4 Å². The summed E-state index contributed by atoms with van der Waals surface area (Å²) in [7, 11) is 0. The van der Waals surface area contributed by atoms with E-state index < -0.39 is 11.9 Å². The lowest BCUT2D eigenvalue weighted by Gasteiger charge is -2.28. The van der Waals surface area contributed by atoms with E-state index in [4.69, 9.17) is 19.9 Å². The predicted molar refractivity (Wildman–Crippen MR) is 145 cm³/mol. The molecule has 0 atom stereocenters. The number of hydrogen-bond donors (Lipinski definition) is 2. The average molecular weight is 492 g/mol. The summed E-state index contributed by atoms with van der Waals surface area (Å²) in [5.74, 6) is -1.53. The average Bonchev–Trinajstić information content (AvgIpc) is 2.83. The molecule has 3 rings (SSSR count). The number of aliphatic imine (C=N–C) groups is 1. The van der Waals surface area contributed by atoms with E-state index in [1.165, 1.54) is 42.4 Å². The summed E-state index contributed by atoms with van der Waals surface area (Å²) in [6.45, 7) is 7.46. The maximum absolute atomic E-state index is 9.55. The first-order valence-electron chi connectivity index (χ1n) is 12.4. The molecule has 0 fully saturated rings. The molecule has 0 unspecified atom stereocenters. The van der Waals surface area contributed by atoms with Crippen LogP contribution in [0.4, 0.5) is 0 Å². The van der Waals surface area contributed by atoms with E-state index in [1.54, 1.807) is 0 Å². The highest BCUT2D eigenvalue weighted by Crippen LogP contribution is 2.30. The van der Waals surface area contributed by atoms with Crippen molar-refractivity contribution in [3.05, 3.63) is 83.4 Å². The number of rotatable bonds is 11. The van der Waals surface area contributed by atoms with Gasteiger partial charge in [-0.25, -0.2) is 9.59 Å². The van der Waals surface area contributed by atoms with Gasteiger partial charge in [-0.15, -0.1) is 0 Å². The molecule has 0 saturated heterocycles. The van der Waals surface area contributed by atoms with Crippen LogP contribution in [0.5, 0.6) is 5.75 Å². The first-order valence-corrected chi connectivity index (χ1v) is 12.4. The van der Waals surface area contributed by atoms with Crippen molar-refractivity contribution in [3.63, 3.8) is 0 Å². The minimum Gasteiger partial charge on any atom is -0.494 e. The lowest BCUT2D eigenvalue weighted by atomic mass is 9.86. The number of carbonyl (C=O) groups is 2. The van der Waals surface area contributed by atoms with Crippen LogP contribution in [0.3, 0.4) is 0 Å². The van der Waals surface area contributed by atoms with Crippen molar-refractivity contribution in [3.8, 4) is 5.75 Å². The standard InChI is InChI=1S/C26H33NO.C4H4O4/c1-4-5-6-7-11-18-28-23-15-16-24-22(19-23)20-26(2,3)27-25(24)17-14-21-12-9-8-10-13-21;5-3(6)1-2-4(7)8/h8-10,12-17,19H,4-7,11,18,20H2,1-3H3;1-2H,(H,5,6)(H,7,8)/b17-14+;2-1+. The van der Waals surface area contributed by atoms with Crippen molar-refractivity contribution < 1.29 is 24.5 Å². The third-order valence-corrected chi connectivity index (χ3v) is 5.52. The molecule has 36 heavy (non-hydrogen) atoms. The molecule has 0 saturated carbocycles. The molecule has 0 bridgehead atoms. The largest absolute Gasteiger partial charge is 0.494 e. The third kappa shape index (κ3) is 10.7. The van der Waals surface area contributed by atoms with Gasteiger partial charge in [-0.05, 0) is 62.1 Å². The molecule has 0 radical (unpaired) electrons. The monoisotopic (exact) mass is 491 g/mol. The summed E-state index contributed by atoms with van der Waals surface area (Å²) in [5.41, 5.74) is 4.71. The van der Waals surface area contributed by atoms with Crippen LogP contribution in [0.15, 0.2) is 71.8 Å². The molecule has 0 spiro atoms. The van der Waals surface area contributed by atoms with Crippen molar-refractivity contribution in [2.45, 2.75) is 64.8 Å². The SMILES string of the molecule is CCCCCCCOc1ccc2c(c1)CC(C)(C)N=C2/C=C/c1ccccc1.O=C(O)/C=C/C(=O)O. The molecule has 1 aliphatic heterocycles. The second-order valence-corrected chi connectivity index (χ2v) is 9.32. The zero-order valence-corrected chi connectivity index (χ0v) is 21.4. The Kier molecular flexibility index (Phi) is 11.6. The smallest absolute Gasteiger partial charge is 0.328 e. The highest BCUT2D eigenvalue weighted by atomic mass is 16.5. The molecular weight excluding hydrogens is 454 g/mol. The number of carboxylic acids is 2. The number of nitrogens with zero attached hydrogens (tertiary/aromatic N) is 1. The molecule has 2 N–H and O–H groups in total. The second kappa shape index (κ2) is 14.7. The minimum atomic E-state index is -1.26. The molecule has 6 nitrogen and oxygen atoms in total. The summed E-state index contributed by atoms with van der Waals surface area (Å²) in [6.07, 6.45) is 12.7. The van der Waals surface area contributed by atoms with Crippen LogP contribution in [0.25, 0.3) is 6.08 Å². The van der Waals surface area contributed by atoms with Crippen molar-refractivity contribution in [1.29, 1.82) is 0 Å². The summed E-state index contributed by atoms with van der Waals surface area (Å²) < 4.78 is 6.03. The van der Waals surface area contributed by atoms with Crippen LogP contribution in [0, 0.1) is 0 Å². The normalized spacial score (nSPS) is 14.0. The minimum absolute atomic E-state index is 0.0951. The lowest BCUT2D eigenvalue weighted by Crippen LogP contribution is -2.28. The zero-order chi connectivity index (χ0) is 26.4. The topological polar surface area (TPSA) is 96.2 Å². The number of unbranched alkanes of at least 4 members (excludes halogenated alkanes) is 4. The first-order chi connectivity index (χ1) is 17.2. The summed E-state index contributed by atoms with van der Waals surface area (Å²) in [4.78, 5) is 24.1. The third-order valence-electron chi connectivity index (χ3n) is 5.52. The van der Waals surface area contributed by atoms with Gasteiger partial charge in [-0.1, -0.05) is 69.0 Å². The van der Waals surface area contributed by atoms with Crippen LogP contribution in [0.2, 0.25) is 0 Å². The van der Waals surface area contributed by atoms with Gasteiger partial charge in [-0.2, -0.15) is 0 Å².